The molecule has 2 saturated heterocycles. The zero-order valence-corrected chi connectivity index (χ0v) is 22.7. The Morgan fingerprint density at radius 3 is 2.64 bits per heavy atom. The highest BCUT2D eigenvalue weighted by atomic mass is 19.1. The summed E-state index contributed by atoms with van der Waals surface area (Å²) < 4.78 is 31.8. The molecule has 1 aromatic heterocycles. The van der Waals surface area contributed by atoms with Crippen molar-refractivity contribution >= 4 is 46.8 Å². The van der Waals surface area contributed by atoms with E-state index in [0.717, 1.165) is 0 Å². The van der Waals surface area contributed by atoms with Crippen LogP contribution in [0.4, 0.5) is 25.5 Å². The molecule has 2 fully saturated rings. The third-order valence-electron chi connectivity index (χ3n) is 6.78. The third kappa shape index (κ3) is 4.89. The predicted molar refractivity (Wildman–Crippen MR) is 140 cm³/mol. The molecule has 13 nitrogen and oxygen atoms in total. The topological polar surface area (TPSA) is 169 Å². The van der Waals surface area contributed by atoms with E-state index in [9.17, 15) is 19.2 Å². The summed E-state index contributed by atoms with van der Waals surface area (Å²) in [5, 5.41) is 8.52. The number of nitrogens with two attached hydrogens (primary N) is 1. The van der Waals surface area contributed by atoms with Crippen molar-refractivity contribution in [1.29, 1.82) is 0 Å². The Morgan fingerprint density at radius 2 is 2.00 bits per heavy atom. The molecule has 14 heteroatoms. The number of nitrogens with one attached hydrogen (secondary N) is 2. The smallest absolute Gasteiger partial charge is 0.416 e. The minimum atomic E-state index is -1.75. The second-order valence-corrected chi connectivity index (χ2v) is 8.57. The van der Waals surface area contributed by atoms with E-state index < -0.39 is 41.3 Å². The second-order valence-electron chi connectivity index (χ2n) is 8.57. The van der Waals surface area contributed by atoms with Crippen LogP contribution in [0.2, 0.25) is 0 Å². The quantitative estimate of drug-likeness (QED) is 0.376. The fraction of sp³-hybridized carbons (Fsp3) is 0.560. The molecule has 0 bridgehead atoms. The standard InChI is InChI=1S/C21H23FN6O7.2C2H6/c1-24-19(31)25-18(30)21(9-29)5-10-4-12-16(14(22)15(10)27-2-3-33-8-13(21)27)35-26-17(12)28-11(6-23)7-34-20(28)32;2*1-2/h4,9,11,13H,2-3,5-8,23H2,1H3,(H2,24,25,30,31);2*1-2H3. The molecule has 39 heavy (non-hydrogen) atoms. The lowest BCUT2D eigenvalue weighted by Gasteiger charge is -2.49. The Bertz CT molecular complexity index is 1240. The van der Waals surface area contributed by atoms with Gasteiger partial charge in [0.15, 0.2) is 11.6 Å². The highest BCUT2D eigenvalue weighted by Gasteiger charge is 2.54. The fourth-order valence-electron chi connectivity index (χ4n) is 5.00. The molecule has 1 aromatic carbocycles. The Balaban J connectivity index is 0.00000100. The average Bonchev–Trinajstić information content (AvgIpc) is 3.56. The zero-order chi connectivity index (χ0) is 28.9. The highest BCUT2D eigenvalue weighted by Crippen LogP contribution is 2.46. The summed E-state index contributed by atoms with van der Waals surface area (Å²) in [6, 6.07) is -0.634. The predicted octanol–water partition coefficient (Wildman–Crippen LogP) is 1.71. The molecule has 0 radical (unpaired) electrons. The van der Waals surface area contributed by atoms with E-state index >= 15 is 4.39 Å². The van der Waals surface area contributed by atoms with Crippen LogP contribution in [-0.2, 0) is 25.5 Å². The van der Waals surface area contributed by atoms with Gasteiger partial charge in [0.05, 0.1) is 36.4 Å². The van der Waals surface area contributed by atoms with Gasteiger partial charge in [-0.2, -0.15) is 0 Å². The van der Waals surface area contributed by atoms with E-state index in [4.69, 9.17) is 19.7 Å². The van der Waals surface area contributed by atoms with Crippen molar-refractivity contribution in [3.63, 3.8) is 0 Å². The highest BCUT2D eigenvalue weighted by molar-refractivity contribution is 6.07. The lowest BCUT2D eigenvalue weighted by Crippen LogP contribution is -2.65. The number of halogens is 1. The van der Waals surface area contributed by atoms with Gasteiger partial charge < -0.3 is 34.7 Å². The summed E-state index contributed by atoms with van der Waals surface area (Å²) in [7, 11) is 1.33. The van der Waals surface area contributed by atoms with E-state index in [2.05, 4.69) is 15.8 Å². The van der Waals surface area contributed by atoms with E-state index in [0.29, 0.717) is 11.8 Å². The molecule has 4 amide bonds. The van der Waals surface area contributed by atoms with Crippen LogP contribution in [-0.4, -0.2) is 81.5 Å². The van der Waals surface area contributed by atoms with Crippen LogP contribution in [0.1, 0.15) is 33.3 Å². The van der Waals surface area contributed by atoms with Gasteiger partial charge in [0.25, 0.3) is 0 Å². The molecule has 214 valence electrons. The molecule has 3 unspecified atom stereocenters. The molecule has 3 atom stereocenters. The number of nitrogens with zero attached hydrogens (tertiary/aromatic N) is 3. The van der Waals surface area contributed by atoms with Gasteiger partial charge in [-0.1, -0.05) is 32.9 Å². The van der Waals surface area contributed by atoms with Crippen molar-refractivity contribution in [2.75, 3.05) is 49.8 Å². The monoisotopic (exact) mass is 550 g/mol. The largest absolute Gasteiger partial charge is 0.447 e. The molecule has 4 N–H and O–H groups in total. The van der Waals surface area contributed by atoms with Crippen molar-refractivity contribution in [2.24, 2.45) is 11.1 Å². The summed E-state index contributed by atoms with van der Waals surface area (Å²) in [5.41, 5.74) is 4.28. The number of benzene rings is 1. The maximum atomic E-state index is 15.9. The molecular weight excluding hydrogens is 515 g/mol. The average molecular weight is 551 g/mol. The first-order chi connectivity index (χ1) is 18.9. The van der Waals surface area contributed by atoms with Crippen LogP contribution in [0.25, 0.3) is 11.0 Å². The number of urea groups is 1. The number of hydrogen-bond acceptors (Lipinski definition) is 10. The fourth-order valence-corrected chi connectivity index (χ4v) is 5.00. The van der Waals surface area contributed by atoms with Gasteiger partial charge in [0.2, 0.25) is 11.5 Å². The van der Waals surface area contributed by atoms with Gasteiger partial charge in [-0.15, -0.1) is 0 Å². The maximum absolute atomic E-state index is 15.9. The zero-order valence-electron chi connectivity index (χ0n) is 22.7. The van der Waals surface area contributed by atoms with Crippen molar-refractivity contribution in [3.8, 4) is 0 Å². The first-order valence-corrected chi connectivity index (χ1v) is 13.0. The number of anilines is 2. The van der Waals surface area contributed by atoms with Crippen molar-refractivity contribution in [3.05, 3.63) is 17.4 Å². The first-order valence-electron chi connectivity index (χ1n) is 13.0. The minimum absolute atomic E-state index is 0.0234. The molecule has 3 aliphatic rings. The lowest BCUT2D eigenvalue weighted by atomic mass is 9.71. The Labute approximate surface area is 225 Å². The van der Waals surface area contributed by atoms with Gasteiger partial charge in [0, 0.05) is 20.1 Å². The Morgan fingerprint density at radius 1 is 1.28 bits per heavy atom. The molecule has 0 aliphatic carbocycles. The van der Waals surface area contributed by atoms with Crippen LogP contribution >= 0.6 is 0 Å². The lowest BCUT2D eigenvalue weighted by molar-refractivity contribution is -0.139. The van der Waals surface area contributed by atoms with Gasteiger partial charge >= 0.3 is 12.1 Å². The summed E-state index contributed by atoms with van der Waals surface area (Å²) in [6.45, 7) is 8.52. The van der Waals surface area contributed by atoms with Crippen LogP contribution in [0, 0.1) is 11.2 Å². The molecule has 4 heterocycles. The summed E-state index contributed by atoms with van der Waals surface area (Å²) in [6.07, 6.45) is -0.449. The number of carbonyl (C=O) groups excluding carboxylic acids is 4. The third-order valence-corrected chi connectivity index (χ3v) is 6.78. The van der Waals surface area contributed by atoms with E-state index in [1.807, 2.05) is 27.7 Å². The number of aromatic nitrogens is 1. The number of fused-ring (bicyclic) bond motifs is 4. The molecular formula is C25H35FN6O7. The molecule has 3 aliphatic heterocycles. The van der Waals surface area contributed by atoms with Gasteiger partial charge in [-0.05, 0) is 18.1 Å². The number of morpholine rings is 1. The second kappa shape index (κ2) is 12.4. The molecule has 5 rings (SSSR count). The number of rotatable bonds is 4. The number of aldehydes is 1. The van der Waals surface area contributed by atoms with Crippen molar-refractivity contribution in [1.82, 2.24) is 15.8 Å². The van der Waals surface area contributed by atoms with Crippen LogP contribution in [0.5, 0.6) is 0 Å². The molecule has 0 saturated carbocycles. The van der Waals surface area contributed by atoms with Crippen LogP contribution < -0.4 is 26.2 Å². The van der Waals surface area contributed by atoms with E-state index in [1.165, 1.54) is 18.0 Å². The van der Waals surface area contributed by atoms with Crippen LogP contribution in [0.15, 0.2) is 10.6 Å². The van der Waals surface area contributed by atoms with Crippen molar-refractivity contribution in [2.45, 2.75) is 46.2 Å². The summed E-state index contributed by atoms with van der Waals surface area (Å²) in [4.78, 5) is 52.6. The van der Waals surface area contributed by atoms with E-state index in [1.54, 1.807) is 4.90 Å². The normalized spacial score (nSPS) is 23.3. The van der Waals surface area contributed by atoms with Gasteiger partial charge in [-0.3, -0.25) is 15.0 Å². The van der Waals surface area contributed by atoms with Gasteiger partial charge in [-0.25, -0.2) is 14.0 Å². The SMILES string of the molecule is CC.CC.CNC(=O)NC(=O)C1(C=O)Cc2cc3c(N4C(=O)OCC4CN)noc3c(F)c2N2CCOCC21. The van der Waals surface area contributed by atoms with Gasteiger partial charge in [0.1, 0.15) is 18.3 Å². The minimum Gasteiger partial charge on any atom is -0.447 e. The van der Waals surface area contributed by atoms with E-state index in [-0.39, 0.29) is 61.8 Å². The molecule has 0 spiro atoms. The molecule has 2 aromatic rings. The van der Waals surface area contributed by atoms with Crippen molar-refractivity contribution < 1.29 is 37.6 Å². The van der Waals surface area contributed by atoms with Crippen LogP contribution in [0.3, 0.4) is 0 Å². The first kappa shape index (κ1) is 29.8. The summed E-state index contributed by atoms with van der Waals surface area (Å²) >= 11 is 0. The number of imide groups is 1. The number of ether oxygens (including phenoxy) is 2. The Hall–Kier alpha value is -3.78. The number of cyclic esters (lactones) is 1. The number of hydrogen-bond donors (Lipinski definition) is 3. The summed E-state index contributed by atoms with van der Waals surface area (Å²) in [5.74, 6) is -1.56. The maximum Gasteiger partial charge on any atom is 0.416 e. The number of carbonyl (C=O) groups is 4. The number of amides is 4. The Kier molecular flexibility index (Phi) is 9.45.